The highest BCUT2D eigenvalue weighted by Crippen LogP contribution is 2.65. The van der Waals surface area contributed by atoms with Crippen molar-refractivity contribution in [3.05, 3.63) is 0 Å². The number of carbonyl (C=O) groups excluding carboxylic acids is 5. The topological polar surface area (TPSA) is 171 Å². The Kier molecular flexibility index (Phi) is 11.4. The minimum atomic E-state index is -3.42. The maximum absolute atomic E-state index is 14.9. The van der Waals surface area contributed by atoms with Crippen molar-refractivity contribution in [2.24, 2.45) is 22.7 Å². The first-order chi connectivity index (χ1) is 24.6. The fourth-order valence-corrected chi connectivity index (χ4v) is 12.7. The molecule has 0 bridgehead atoms. The van der Waals surface area contributed by atoms with Crippen LogP contribution in [0.3, 0.4) is 0 Å². The van der Waals surface area contributed by atoms with E-state index in [1.165, 1.54) is 0 Å². The van der Waals surface area contributed by atoms with Crippen LogP contribution in [0.5, 0.6) is 0 Å². The number of rotatable bonds is 14. The van der Waals surface area contributed by atoms with Gasteiger partial charge in [0.25, 0.3) is 5.91 Å². The Morgan fingerprint density at radius 3 is 2.02 bits per heavy atom. The third-order valence-corrected chi connectivity index (χ3v) is 16.2. The van der Waals surface area contributed by atoms with Gasteiger partial charge in [0.1, 0.15) is 12.1 Å². The summed E-state index contributed by atoms with van der Waals surface area (Å²) in [6.45, 7) is 8.49. The molecule has 1 heterocycles. The van der Waals surface area contributed by atoms with Crippen LogP contribution in [-0.2, 0) is 29.0 Å². The van der Waals surface area contributed by atoms with E-state index in [0.29, 0.717) is 45.1 Å². The van der Waals surface area contributed by atoms with Crippen LogP contribution >= 0.6 is 0 Å². The van der Waals surface area contributed by atoms with Crippen molar-refractivity contribution in [2.45, 2.75) is 178 Å². The lowest BCUT2D eigenvalue weighted by molar-refractivity contribution is -0.146. The van der Waals surface area contributed by atoms with Crippen molar-refractivity contribution < 1.29 is 32.4 Å². The summed E-state index contributed by atoms with van der Waals surface area (Å²) < 4.78 is 27.2. The summed E-state index contributed by atoms with van der Waals surface area (Å²) in [6, 6.07) is -3.27. The highest BCUT2D eigenvalue weighted by Gasteiger charge is 2.70. The van der Waals surface area contributed by atoms with Crippen molar-refractivity contribution in [3.63, 3.8) is 0 Å². The second-order valence-corrected chi connectivity index (χ2v) is 20.4. The van der Waals surface area contributed by atoms with E-state index < -0.39 is 62.5 Å². The number of fused-ring (bicyclic) bond motifs is 1. The second kappa shape index (κ2) is 15.2. The molecule has 1 saturated heterocycles. The number of Topliss-reactive ketones (excluding diaryl/α,β-unsaturated/α-hetero) is 1. The molecule has 6 fully saturated rings. The number of likely N-dealkylation sites (tertiary alicyclic amines) is 1. The van der Waals surface area contributed by atoms with Gasteiger partial charge in [0, 0.05) is 12.6 Å². The molecule has 5 aliphatic carbocycles. The summed E-state index contributed by atoms with van der Waals surface area (Å²) in [4.78, 5) is 70.8. The number of hydrogen-bond donors (Lipinski definition) is 4. The quantitative estimate of drug-likeness (QED) is 0.192. The Bertz CT molecular complexity index is 1490. The normalized spacial score (nSPS) is 28.9. The summed E-state index contributed by atoms with van der Waals surface area (Å²) >= 11 is 0. The fraction of sp³-hybridized carbons (Fsp3) is 0.872. The van der Waals surface area contributed by atoms with Gasteiger partial charge in [0.2, 0.25) is 17.6 Å². The lowest BCUT2D eigenvalue weighted by Gasteiger charge is -2.44. The maximum Gasteiger partial charge on any atom is 0.315 e. The molecule has 6 rings (SSSR count). The zero-order chi connectivity index (χ0) is 37.5. The predicted molar refractivity (Wildman–Crippen MR) is 198 cm³/mol. The van der Waals surface area contributed by atoms with Crippen molar-refractivity contribution >= 4 is 39.4 Å². The minimum Gasteiger partial charge on any atom is -0.347 e. The largest absolute Gasteiger partial charge is 0.347 e. The third kappa shape index (κ3) is 8.19. The van der Waals surface area contributed by atoms with E-state index in [9.17, 15) is 32.4 Å². The van der Waals surface area contributed by atoms with Crippen LogP contribution in [0, 0.1) is 22.7 Å². The van der Waals surface area contributed by atoms with Gasteiger partial charge in [-0.3, -0.25) is 19.2 Å². The number of amides is 5. The van der Waals surface area contributed by atoms with Crippen LogP contribution in [0.25, 0.3) is 0 Å². The molecule has 0 radical (unpaired) electrons. The molecule has 1 unspecified atom stereocenters. The Labute approximate surface area is 310 Å². The van der Waals surface area contributed by atoms with Crippen LogP contribution < -0.4 is 21.3 Å². The van der Waals surface area contributed by atoms with Gasteiger partial charge in [0.05, 0.1) is 22.6 Å². The van der Waals surface area contributed by atoms with E-state index in [4.69, 9.17) is 0 Å². The highest BCUT2D eigenvalue weighted by molar-refractivity contribution is 7.92. The molecule has 4 N–H and O–H groups in total. The van der Waals surface area contributed by atoms with Crippen LogP contribution in [-0.4, -0.2) is 90.1 Å². The molecule has 0 aromatic rings. The lowest BCUT2D eigenvalue weighted by atomic mass is 9.70. The zero-order valence-corrected chi connectivity index (χ0v) is 32.7. The second-order valence-electron chi connectivity index (χ2n) is 18.2. The molecule has 1 aliphatic heterocycles. The summed E-state index contributed by atoms with van der Waals surface area (Å²) in [5.74, 6) is -2.22. The van der Waals surface area contributed by atoms with Gasteiger partial charge in [-0.15, -0.1) is 0 Å². The van der Waals surface area contributed by atoms with E-state index in [0.717, 1.165) is 77.0 Å². The summed E-state index contributed by atoms with van der Waals surface area (Å²) in [5, 5.41) is 11.5. The molecular weight excluding hydrogens is 683 g/mol. The molecule has 5 amide bonds. The van der Waals surface area contributed by atoms with Gasteiger partial charge in [0.15, 0.2) is 9.84 Å². The summed E-state index contributed by atoms with van der Waals surface area (Å²) in [7, 11) is -3.42. The Morgan fingerprint density at radius 2 is 1.42 bits per heavy atom. The van der Waals surface area contributed by atoms with Gasteiger partial charge in [-0.25, -0.2) is 13.2 Å². The van der Waals surface area contributed by atoms with E-state index in [1.54, 1.807) is 4.90 Å². The van der Waals surface area contributed by atoms with Crippen LogP contribution in [0.15, 0.2) is 0 Å². The van der Waals surface area contributed by atoms with Gasteiger partial charge in [-0.05, 0) is 80.5 Å². The number of hydrogen-bond acceptors (Lipinski definition) is 7. The van der Waals surface area contributed by atoms with Gasteiger partial charge in [-0.2, -0.15) is 0 Å². The monoisotopic (exact) mass is 745 g/mol. The van der Waals surface area contributed by atoms with E-state index in [1.807, 2.05) is 13.8 Å². The first kappa shape index (κ1) is 39.0. The minimum absolute atomic E-state index is 0.0119. The number of sulfone groups is 1. The standard InChI is InChI=1S/C39H63N5O7S/c1-5-14-28(31(45)34(47)40-25-17-18-25)41-33(46)30-29-27(37(29,2)3)23-44(30)35(48)32(38(4)19-10-6-11-20-38)42-36(49)43-39(21-12-7-13-22-39)24-52(50,51)26-15-8-9-16-26/h25-30,32H,5-24H2,1-4H3,(H,40,47)(H,41,46)(H2,42,43,49)/t27-,28?,29-,30-,32+/m0/s1. The molecule has 0 spiro atoms. The van der Waals surface area contributed by atoms with Gasteiger partial charge in [-0.1, -0.05) is 85.5 Å². The lowest BCUT2D eigenvalue weighted by Crippen LogP contribution is -2.64. The molecular formula is C39H63N5O7S. The van der Waals surface area contributed by atoms with Gasteiger partial charge >= 0.3 is 6.03 Å². The molecule has 0 aromatic heterocycles. The molecule has 6 aliphatic rings. The average Bonchev–Trinajstić information content (AvgIpc) is 3.78. The smallest absolute Gasteiger partial charge is 0.315 e. The van der Waals surface area contributed by atoms with Crippen molar-refractivity contribution in [1.29, 1.82) is 0 Å². The van der Waals surface area contributed by atoms with Crippen LogP contribution in [0.4, 0.5) is 4.79 Å². The Morgan fingerprint density at radius 1 is 0.808 bits per heavy atom. The number of nitrogens with one attached hydrogen (secondary N) is 4. The molecule has 12 nitrogen and oxygen atoms in total. The number of carbonyl (C=O) groups is 5. The van der Waals surface area contributed by atoms with E-state index in [2.05, 4.69) is 35.1 Å². The fourth-order valence-electron chi connectivity index (χ4n) is 10.3. The Hall–Kier alpha value is -2.70. The number of ketones is 1. The first-order valence-corrected chi connectivity index (χ1v) is 22.1. The first-order valence-electron chi connectivity index (χ1n) is 20.4. The molecule has 13 heteroatoms. The van der Waals surface area contributed by atoms with Crippen molar-refractivity contribution in [1.82, 2.24) is 26.2 Å². The molecule has 52 heavy (non-hydrogen) atoms. The molecule has 292 valence electrons. The van der Waals surface area contributed by atoms with E-state index in [-0.39, 0.29) is 40.2 Å². The Balaban J connectivity index is 1.22. The number of piperidine rings is 1. The molecule has 5 saturated carbocycles. The number of urea groups is 1. The average molecular weight is 746 g/mol. The van der Waals surface area contributed by atoms with Crippen molar-refractivity contribution in [3.8, 4) is 0 Å². The summed E-state index contributed by atoms with van der Waals surface area (Å²) in [5.41, 5.74) is -1.63. The summed E-state index contributed by atoms with van der Waals surface area (Å²) in [6.07, 6.45) is 13.9. The maximum atomic E-state index is 14.9. The predicted octanol–water partition coefficient (Wildman–Crippen LogP) is 4.30. The van der Waals surface area contributed by atoms with Crippen LogP contribution in [0.1, 0.15) is 143 Å². The third-order valence-electron chi connectivity index (χ3n) is 13.8. The SMILES string of the molecule is CCCC(NC(=O)[C@@H]1[C@@H]2[C@H](CN1C(=O)[C@@H](NC(=O)NC1(CS(=O)(=O)C3CCCC3)CCCCC1)C1(C)CCCCC1)C2(C)C)C(=O)C(=O)NC1CC1. The van der Waals surface area contributed by atoms with Crippen molar-refractivity contribution in [2.75, 3.05) is 12.3 Å². The van der Waals surface area contributed by atoms with Crippen LogP contribution in [0.2, 0.25) is 0 Å². The van der Waals surface area contributed by atoms with E-state index >= 15 is 0 Å². The molecule has 0 aromatic carbocycles. The number of nitrogens with zero attached hydrogens (tertiary/aromatic N) is 1. The zero-order valence-electron chi connectivity index (χ0n) is 31.9. The van der Waals surface area contributed by atoms with Gasteiger partial charge < -0.3 is 26.2 Å². The highest BCUT2D eigenvalue weighted by atomic mass is 32.2. The molecule has 5 atom stereocenters.